The lowest BCUT2D eigenvalue weighted by molar-refractivity contribution is 0.255. The van der Waals surface area contributed by atoms with Crippen LogP contribution in [-0.2, 0) is 27.1 Å². The van der Waals surface area contributed by atoms with Crippen molar-refractivity contribution in [3.05, 3.63) is 146 Å². The number of hydrogen-bond donors (Lipinski definition) is 0. The molecule has 3 aliphatic carbocycles. The van der Waals surface area contributed by atoms with Gasteiger partial charge in [-0.25, -0.2) is 0 Å². The molecule has 66 heavy (non-hydrogen) atoms. The normalized spacial score (nSPS) is 23.0. The Labute approximate surface area is 404 Å². The Morgan fingerprint density at radius 3 is 1.59 bits per heavy atom. The van der Waals surface area contributed by atoms with Crippen molar-refractivity contribution in [2.75, 3.05) is 9.80 Å². The predicted molar refractivity (Wildman–Crippen MR) is 290 cm³/mol. The molecule has 4 aromatic rings. The summed E-state index contributed by atoms with van der Waals surface area (Å²) < 4.78 is 0. The minimum absolute atomic E-state index is 0.00494. The van der Waals surface area contributed by atoms with E-state index in [0.29, 0.717) is 5.25 Å². The second-order valence-corrected chi connectivity index (χ2v) is 28.0. The number of anilines is 5. The lowest BCUT2D eigenvalue weighted by Gasteiger charge is -2.48. The van der Waals surface area contributed by atoms with Crippen LogP contribution in [0.1, 0.15) is 169 Å². The first kappa shape index (κ1) is 45.6. The third kappa shape index (κ3) is 6.86. The van der Waals surface area contributed by atoms with Crippen molar-refractivity contribution in [3.8, 4) is 0 Å². The first-order valence-corrected chi connectivity index (χ1v) is 26.0. The van der Waals surface area contributed by atoms with Gasteiger partial charge in [0.15, 0.2) is 0 Å². The van der Waals surface area contributed by atoms with Crippen LogP contribution in [0.25, 0.3) is 0 Å². The van der Waals surface area contributed by atoms with Gasteiger partial charge in [0, 0.05) is 56.1 Å². The summed E-state index contributed by atoms with van der Waals surface area (Å²) in [7, 11) is 0. The van der Waals surface area contributed by atoms with Gasteiger partial charge in [0.05, 0.1) is 0 Å². The number of hydrogen-bond acceptors (Lipinski definition) is 3. The van der Waals surface area contributed by atoms with E-state index in [0.717, 1.165) is 0 Å². The zero-order chi connectivity index (χ0) is 47.8. The molecule has 0 aromatic heterocycles. The molecule has 2 nitrogen and oxygen atoms in total. The Kier molecular flexibility index (Phi) is 9.83. The molecule has 344 valence electrons. The maximum absolute atomic E-state index is 2.83. The van der Waals surface area contributed by atoms with E-state index in [9.17, 15) is 0 Å². The predicted octanol–water partition coefficient (Wildman–Crippen LogP) is 16.1. The minimum atomic E-state index is -0.0967. The number of thioether (sulfide) groups is 1. The second kappa shape index (κ2) is 14.2. The molecule has 0 amide bonds. The number of allylic oxidation sites excluding steroid dienone is 5. The highest BCUT2D eigenvalue weighted by atomic mass is 32.2. The van der Waals surface area contributed by atoms with Gasteiger partial charge in [0.2, 0.25) is 0 Å². The van der Waals surface area contributed by atoms with Gasteiger partial charge in [-0.2, -0.15) is 0 Å². The van der Waals surface area contributed by atoms with Gasteiger partial charge in [0.25, 0.3) is 6.71 Å². The van der Waals surface area contributed by atoms with Crippen LogP contribution in [0.5, 0.6) is 0 Å². The van der Waals surface area contributed by atoms with Gasteiger partial charge in [-0.05, 0) is 150 Å². The van der Waals surface area contributed by atoms with E-state index in [1.165, 1.54) is 102 Å². The summed E-state index contributed by atoms with van der Waals surface area (Å²) in [4.78, 5) is 7.04. The van der Waals surface area contributed by atoms with Crippen LogP contribution in [0.3, 0.4) is 0 Å². The van der Waals surface area contributed by atoms with E-state index in [1.807, 2.05) is 0 Å². The van der Waals surface area contributed by atoms with Gasteiger partial charge in [-0.15, -0.1) is 11.8 Å². The molecule has 2 unspecified atom stereocenters. The standard InChI is InChI=1S/C62H77BN2S/c1-36-28-38(56(3,4)5)20-22-47(36)64-48-23-21-39(57(6,7)8)30-46(48)63-53-50(64)31-40(58(9,10)11)32-51(53)65(49-34-44-42(29-37(49)2)59(12,13)24-26-61(44,16)17)54-41-33-43-45(35-52(41)66-55(54)63)62(18,19)27-25-60(43,14)15/h20-24,26,28-35,41,52H,25,27H2,1-19H3. The fourth-order valence-corrected chi connectivity index (χ4v) is 13.9. The highest BCUT2D eigenvalue weighted by molar-refractivity contribution is 8.06. The molecule has 6 aliphatic rings. The van der Waals surface area contributed by atoms with Crippen molar-refractivity contribution in [2.45, 2.75) is 177 Å². The molecule has 4 aromatic carbocycles. The Morgan fingerprint density at radius 2 is 1.03 bits per heavy atom. The van der Waals surface area contributed by atoms with Gasteiger partial charge >= 0.3 is 0 Å². The molecular formula is C62H77BN2S. The zero-order valence-corrected chi connectivity index (χ0v) is 44.8. The first-order chi connectivity index (χ1) is 30.4. The van der Waals surface area contributed by atoms with Crippen LogP contribution in [0, 0.1) is 30.6 Å². The topological polar surface area (TPSA) is 6.48 Å². The largest absolute Gasteiger partial charge is 0.314 e. The summed E-state index contributed by atoms with van der Waals surface area (Å²) in [6.45, 7) is 45.8. The molecule has 1 fully saturated rings. The van der Waals surface area contributed by atoms with Crippen molar-refractivity contribution in [1.29, 1.82) is 0 Å². The van der Waals surface area contributed by atoms with E-state index in [-0.39, 0.29) is 50.5 Å². The smallest absolute Gasteiger partial charge is 0.259 e. The van der Waals surface area contributed by atoms with Crippen LogP contribution in [0.2, 0.25) is 0 Å². The van der Waals surface area contributed by atoms with E-state index >= 15 is 0 Å². The molecule has 0 bridgehead atoms. The maximum Gasteiger partial charge on any atom is 0.259 e. The average Bonchev–Trinajstić information content (AvgIpc) is 3.58. The molecule has 10 rings (SSSR count). The van der Waals surface area contributed by atoms with Crippen molar-refractivity contribution in [1.82, 2.24) is 0 Å². The van der Waals surface area contributed by atoms with Gasteiger partial charge in [-0.3, -0.25) is 0 Å². The third-order valence-electron chi connectivity index (χ3n) is 16.9. The lowest BCUT2D eigenvalue weighted by atomic mass is 9.36. The Morgan fingerprint density at radius 1 is 0.530 bits per heavy atom. The molecule has 0 spiro atoms. The highest BCUT2D eigenvalue weighted by Gasteiger charge is 2.54. The second-order valence-electron chi connectivity index (χ2n) is 26.8. The summed E-state index contributed by atoms with van der Waals surface area (Å²) in [6, 6.07) is 25.2. The summed E-state index contributed by atoms with van der Waals surface area (Å²) in [5.74, 6) is 0.242. The Hall–Kier alpha value is -4.15. The fourth-order valence-electron chi connectivity index (χ4n) is 12.3. The molecule has 0 radical (unpaired) electrons. The van der Waals surface area contributed by atoms with E-state index in [2.05, 4.69) is 238 Å². The summed E-state index contributed by atoms with van der Waals surface area (Å²) in [5.41, 5.74) is 23.9. The van der Waals surface area contributed by atoms with Crippen molar-refractivity contribution >= 4 is 57.8 Å². The highest BCUT2D eigenvalue weighted by Crippen LogP contribution is 2.62. The van der Waals surface area contributed by atoms with Crippen LogP contribution in [0.15, 0.2) is 107 Å². The van der Waals surface area contributed by atoms with E-state index in [4.69, 9.17) is 0 Å². The Balaban J connectivity index is 1.34. The van der Waals surface area contributed by atoms with Crippen LogP contribution in [-0.4, -0.2) is 12.0 Å². The lowest BCUT2D eigenvalue weighted by Crippen LogP contribution is -2.56. The zero-order valence-electron chi connectivity index (χ0n) is 44.0. The molecule has 3 aliphatic heterocycles. The maximum atomic E-state index is 2.83. The molecule has 2 atom stereocenters. The molecule has 0 N–H and O–H groups in total. The van der Waals surface area contributed by atoms with Gasteiger partial charge < -0.3 is 9.80 Å². The molecular weight excluding hydrogens is 816 g/mol. The van der Waals surface area contributed by atoms with Crippen LogP contribution >= 0.6 is 11.8 Å². The first-order valence-electron chi connectivity index (χ1n) is 25.2. The Bertz CT molecular complexity index is 2890. The van der Waals surface area contributed by atoms with E-state index < -0.39 is 0 Å². The minimum Gasteiger partial charge on any atom is -0.314 e. The number of fused-ring (bicyclic) bond motifs is 7. The molecule has 1 saturated carbocycles. The van der Waals surface area contributed by atoms with Crippen molar-refractivity contribution in [3.63, 3.8) is 0 Å². The van der Waals surface area contributed by atoms with Gasteiger partial charge in [-0.1, -0.05) is 172 Å². The van der Waals surface area contributed by atoms with Crippen molar-refractivity contribution < 1.29 is 0 Å². The summed E-state index contributed by atoms with van der Waals surface area (Å²) >= 11 is 2.19. The number of rotatable bonds is 2. The summed E-state index contributed by atoms with van der Waals surface area (Å²) in [6.07, 6.45) is 12.9. The molecule has 0 saturated heterocycles. The van der Waals surface area contributed by atoms with Crippen LogP contribution < -0.4 is 20.7 Å². The van der Waals surface area contributed by atoms with Crippen LogP contribution in [0.4, 0.5) is 28.4 Å². The quantitative estimate of drug-likeness (QED) is 0.146. The monoisotopic (exact) mass is 893 g/mol. The van der Waals surface area contributed by atoms with Crippen molar-refractivity contribution in [2.24, 2.45) is 16.7 Å². The third-order valence-corrected chi connectivity index (χ3v) is 18.3. The number of aryl methyl sites for hydroxylation is 2. The summed E-state index contributed by atoms with van der Waals surface area (Å²) in [5, 5.41) is 0.319. The molecule has 4 heteroatoms. The van der Waals surface area contributed by atoms with Gasteiger partial charge in [0.1, 0.15) is 0 Å². The molecule has 3 heterocycles. The fraction of sp³-hybridized carbons (Fsp3) is 0.484. The SMILES string of the molecule is Cc1cc2c(cc1N1C3=C(SC4C=C5C(=CC34)C(C)(C)CCC5(C)C)B3c4cc(C(C)(C)C)ccc4N(c4ccc(C(C)(C)C)cc4C)c4cc(C(C)(C)C)cc1c43)C(C)(C)C=CC2(C)C. The van der Waals surface area contributed by atoms with E-state index in [1.54, 1.807) is 11.1 Å². The number of benzene rings is 4. The number of nitrogens with zero attached hydrogens (tertiary/aromatic N) is 2. The average molecular weight is 893 g/mol.